The van der Waals surface area contributed by atoms with Crippen LogP contribution in [0, 0.1) is 5.41 Å². The van der Waals surface area contributed by atoms with Crippen LogP contribution in [-0.4, -0.2) is 24.4 Å². The van der Waals surface area contributed by atoms with Crippen LogP contribution >= 0.6 is 0 Å². The first-order valence-corrected chi connectivity index (χ1v) is 3.44. The molecule has 0 bridgehead atoms. The molecule has 4 heteroatoms. The van der Waals surface area contributed by atoms with E-state index in [2.05, 4.69) is 0 Å². The van der Waals surface area contributed by atoms with Gasteiger partial charge in [0.1, 0.15) is 0 Å². The number of hydrogen-bond acceptors (Lipinski definition) is 1. The molecule has 0 aliphatic carbocycles. The summed E-state index contributed by atoms with van der Waals surface area (Å²) in [6.45, 7) is -0.235. The molecule has 2 nitrogen and oxygen atoms in total. The van der Waals surface area contributed by atoms with Crippen LogP contribution < -0.4 is 0 Å². The fourth-order valence-corrected chi connectivity index (χ4v) is 0.765. The molecule has 0 amide bonds. The van der Waals surface area contributed by atoms with Crippen LogP contribution in [0.4, 0.5) is 8.78 Å². The Bertz CT molecular complexity index is 124. The van der Waals surface area contributed by atoms with Gasteiger partial charge in [-0.05, 0) is 6.42 Å². The third-order valence-electron chi connectivity index (χ3n) is 1.84. The fourth-order valence-electron chi connectivity index (χ4n) is 0.765. The molecule has 0 aromatic heterocycles. The van der Waals surface area contributed by atoms with Gasteiger partial charge in [0.2, 0.25) is 0 Å². The minimum absolute atomic E-state index is 0.215. The Morgan fingerprint density at radius 3 is 2.00 bits per heavy atom. The predicted molar refractivity (Wildman–Crippen MR) is 36.9 cm³/mol. The molecule has 0 aromatic rings. The molecule has 0 fully saturated rings. The van der Waals surface area contributed by atoms with Crippen molar-refractivity contribution < 1.29 is 18.7 Å². The van der Waals surface area contributed by atoms with E-state index >= 15 is 0 Å². The number of rotatable bonds is 5. The second-order valence-corrected chi connectivity index (χ2v) is 2.69. The second kappa shape index (κ2) is 4.26. The Hall–Kier alpha value is -0.670. The van der Waals surface area contributed by atoms with Crippen molar-refractivity contribution in [3.63, 3.8) is 0 Å². The molecule has 0 aliphatic heterocycles. The summed E-state index contributed by atoms with van der Waals surface area (Å²) in [6, 6.07) is 0. The van der Waals surface area contributed by atoms with Gasteiger partial charge in [-0.15, -0.1) is 0 Å². The van der Waals surface area contributed by atoms with Crippen LogP contribution in [0.2, 0.25) is 0 Å². The summed E-state index contributed by atoms with van der Waals surface area (Å²) < 4.78 is 24.3. The van der Waals surface area contributed by atoms with E-state index in [4.69, 9.17) is 5.11 Å². The van der Waals surface area contributed by atoms with Gasteiger partial charge in [0, 0.05) is 5.41 Å². The first kappa shape index (κ1) is 10.3. The molecule has 0 radical (unpaired) electrons. The average Bonchev–Trinajstić information content (AvgIpc) is 2.00. The topological polar surface area (TPSA) is 37.3 Å². The molecule has 0 spiro atoms. The summed E-state index contributed by atoms with van der Waals surface area (Å²) in [6.07, 6.45) is -0.219. The Morgan fingerprint density at radius 2 is 1.91 bits per heavy atom. The molecule has 0 heterocycles. The molecule has 1 N–H and O–H groups in total. The molecule has 0 rings (SSSR count). The van der Waals surface area contributed by atoms with Gasteiger partial charge in [0.05, 0.1) is 19.8 Å². The molecular formula is C7H12F2O2. The van der Waals surface area contributed by atoms with Crippen LogP contribution in [0.15, 0.2) is 0 Å². The zero-order chi connectivity index (χ0) is 8.91. The standard InChI is InChI=1S/C7H12F2O2/c1-2-7(4-8,5-9)3-6(10)11/h2-5H2,1H3,(H,10,11). The van der Waals surface area contributed by atoms with E-state index in [0.29, 0.717) is 0 Å². The zero-order valence-electron chi connectivity index (χ0n) is 6.44. The first-order valence-electron chi connectivity index (χ1n) is 3.44. The highest BCUT2D eigenvalue weighted by Crippen LogP contribution is 2.27. The van der Waals surface area contributed by atoms with Crippen molar-refractivity contribution in [1.82, 2.24) is 0 Å². The van der Waals surface area contributed by atoms with Crippen molar-refractivity contribution in [1.29, 1.82) is 0 Å². The third kappa shape index (κ3) is 2.82. The molecule has 0 saturated heterocycles. The smallest absolute Gasteiger partial charge is 0.304 e. The Kier molecular flexibility index (Phi) is 4.00. The largest absolute Gasteiger partial charge is 0.481 e. The second-order valence-electron chi connectivity index (χ2n) is 2.69. The van der Waals surface area contributed by atoms with Crippen LogP contribution in [0.5, 0.6) is 0 Å². The van der Waals surface area contributed by atoms with Gasteiger partial charge in [-0.1, -0.05) is 6.92 Å². The fraction of sp³-hybridized carbons (Fsp3) is 0.857. The van der Waals surface area contributed by atoms with Gasteiger partial charge in [-0.2, -0.15) is 0 Å². The maximum absolute atomic E-state index is 12.2. The summed E-state index contributed by atoms with van der Waals surface area (Å²) in [7, 11) is 0. The van der Waals surface area contributed by atoms with Crippen molar-refractivity contribution in [3.05, 3.63) is 0 Å². The maximum atomic E-state index is 12.2. The van der Waals surface area contributed by atoms with Gasteiger partial charge < -0.3 is 5.11 Å². The van der Waals surface area contributed by atoms with Crippen LogP contribution in [-0.2, 0) is 4.79 Å². The lowest BCUT2D eigenvalue weighted by Crippen LogP contribution is -2.28. The van der Waals surface area contributed by atoms with Gasteiger partial charge in [0.15, 0.2) is 0 Å². The normalized spacial score (nSPS) is 11.5. The van der Waals surface area contributed by atoms with Crippen molar-refractivity contribution in [3.8, 4) is 0 Å². The molecule has 0 aliphatic rings. The molecule has 0 atom stereocenters. The van der Waals surface area contributed by atoms with E-state index in [0.717, 1.165) is 0 Å². The lowest BCUT2D eigenvalue weighted by Gasteiger charge is -2.23. The Balaban J connectivity index is 4.16. The van der Waals surface area contributed by atoms with Crippen molar-refractivity contribution in [2.24, 2.45) is 5.41 Å². The minimum Gasteiger partial charge on any atom is -0.481 e. The van der Waals surface area contributed by atoms with Crippen molar-refractivity contribution in [2.45, 2.75) is 19.8 Å². The van der Waals surface area contributed by atoms with Gasteiger partial charge in [-0.25, -0.2) is 0 Å². The van der Waals surface area contributed by atoms with Crippen LogP contribution in [0.3, 0.4) is 0 Å². The Morgan fingerprint density at radius 1 is 1.45 bits per heavy atom. The summed E-state index contributed by atoms with van der Waals surface area (Å²) in [5.74, 6) is -1.15. The minimum atomic E-state index is -1.29. The number of hydrogen-bond donors (Lipinski definition) is 1. The highest BCUT2D eigenvalue weighted by Gasteiger charge is 2.31. The Labute approximate surface area is 64.2 Å². The van der Waals surface area contributed by atoms with E-state index in [1.54, 1.807) is 6.92 Å². The third-order valence-corrected chi connectivity index (χ3v) is 1.84. The van der Waals surface area contributed by atoms with Gasteiger partial charge >= 0.3 is 5.97 Å². The number of alkyl halides is 2. The van der Waals surface area contributed by atoms with E-state index in [9.17, 15) is 13.6 Å². The first-order chi connectivity index (χ1) is 5.10. The average molecular weight is 166 g/mol. The van der Waals surface area contributed by atoms with Crippen LogP contribution in [0.25, 0.3) is 0 Å². The summed E-state index contributed by atoms with van der Waals surface area (Å²) in [5.41, 5.74) is -1.29. The monoisotopic (exact) mass is 166 g/mol. The quantitative estimate of drug-likeness (QED) is 0.676. The lowest BCUT2D eigenvalue weighted by molar-refractivity contribution is -0.140. The number of halogens is 2. The van der Waals surface area contributed by atoms with E-state index in [1.165, 1.54) is 0 Å². The highest BCUT2D eigenvalue weighted by atomic mass is 19.1. The van der Waals surface area contributed by atoms with Crippen LogP contribution in [0.1, 0.15) is 19.8 Å². The number of aliphatic carboxylic acids is 1. The molecule has 0 aromatic carbocycles. The maximum Gasteiger partial charge on any atom is 0.304 e. The highest BCUT2D eigenvalue weighted by molar-refractivity contribution is 5.67. The SMILES string of the molecule is CCC(CF)(CF)CC(=O)O. The lowest BCUT2D eigenvalue weighted by atomic mass is 9.85. The molecule has 66 valence electrons. The predicted octanol–water partition coefficient (Wildman–Crippen LogP) is 1.80. The number of carboxylic acid groups (broad SMARTS) is 1. The molecule has 0 saturated carbocycles. The van der Waals surface area contributed by atoms with E-state index in [-0.39, 0.29) is 6.42 Å². The summed E-state index contributed by atoms with van der Waals surface area (Å²) >= 11 is 0. The molecule has 11 heavy (non-hydrogen) atoms. The van der Waals surface area contributed by atoms with E-state index in [1.807, 2.05) is 0 Å². The van der Waals surface area contributed by atoms with Gasteiger partial charge in [0.25, 0.3) is 0 Å². The van der Waals surface area contributed by atoms with Gasteiger partial charge in [-0.3, -0.25) is 13.6 Å². The zero-order valence-corrected chi connectivity index (χ0v) is 6.44. The summed E-state index contributed by atoms with van der Waals surface area (Å²) in [4.78, 5) is 10.2. The number of carboxylic acids is 1. The summed E-state index contributed by atoms with van der Waals surface area (Å²) in [5, 5.41) is 8.31. The number of carbonyl (C=O) groups is 1. The van der Waals surface area contributed by atoms with Crippen molar-refractivity contribution in [2.75, 3.05) is 13.3 Å². The van der Waals surface area contributed by atoms with Crippen molar-refractivity contribution >= 4 is 5.97 Å². The molecule has 0 unspecified atom stereocenters. The molecular weight excluding hydrogens is 154 g/mol. The van der Waals surface area contributed by atoms with E-state index < -0.39 is 31.2 Å².